The molecule has 1 aliphatic rings. The molecule has 3 rings (SSSR count). The number of nitrogens with zero attached hydrogens (tertiary/aromatic N) is 1. The average Bonchev–Trinajstić information content (AvgIpc) is 2.84. The van der Waals surface area contributed by atoms with Crippen molar-refractivity contribution in [2.75, 3.05) is 16.8 Å². The SMILES string of the molecule is CCOc1ccccc1N[C@H]1CC(=O)N(c2ccccc2C)C1=O. The minimum absolute atomic E-state index is 0.133. The average molecular weight is 324 g/mol. The van der Waals surface area contributed by atoms with E-state index < -0.39 is 6.04 Å². The van der Waals surface area contributed by atoms with E-state index >= 15 is 0 Å². The zero-order valence-corrected chi connectivity index (χ0v) is 13.8. The summed E-state index contributed by atoms with van der Waals surface area (Å²) in [5.74, 6) is 0.246. The van der Waals surface area contributed by atoms with Crippen molar-refractivity contribution in [1.29, 1.82) is 0 Å². The number of rotatable bonds is 5. The Morgan fingerprint density at radius 1 is 1.12 bits per heavy atom. The Balaban J connectivity index is 1.84. The molecular weight excluding hydrogens is 304 g/mol. The van der Waals surface area contributed by atoms with Crippen LogP contribution < -0.4 is 15.0 Å². The lowest BCUT2D eigenvalue weighted by Crippen LogP contribution is -2.35. The van der Waals surface area contributed by atoms with Crippen molar-refractivity contribution in [1.82, 2.24) is 0 Å². The summed E-state index contributed by atoms with van der Waals surface area (Å²) < 4.78 is 5.57. The number of carbonyl (C=O) groups is 2. The van der Waals surface area contributed by atoms with Gasteiger partial charge in [-0.1, -0.05) is 30.3 Å². The second kappa shape index (κ2) is 6.74. The highest BCUT2D eigenvalue weighted by Gasteiger charge is 2.40. The van der Waals surface area contributed by atoms with Crippen LogP contribution in [0.4, 0.5) is 11.4 Å². The van der Waals surface area contributed by atoms with Gasteiger partial charge in [-0.05, 0) is 37.6 Å². The van der Waals surface area contributed by atoms with E-state index in [1.54, 1.807) is 6.07 Å². The van der Waals surface area contributed by atoms with E-state index in [-0.39, 0.29) is 18.2 Å². The number of hydrogen-bond donors (Lipinski definition) is 1. The number of anilines is 2. The van der Waals surface area contributed by atoms with Crippen LogP contribution in [0, 0.1) is 6.92 Å². The standard InChI is InChI=1S/C19H20N2O3/c1-3-24-17-11-7-5-9-14(17)20-15-12-18(22)21(19(15)23)16-10-6-4-8-13(16)2/h4-11,15,20H,3,12H2,1-2H3/t15-/m0/s1. The van der Waals surface area contributed by atoms with Crippen LogP contribution in [-0.4, -0.2) is 24.5 Å². The van der Waals surface area contributed by atoms with E-state index in [9.17, 15) is 9.59 Å². The van der Waals surface area contributed by atoms with Crippen molar-refractivity contribution in [3.63, 3.8) is 0 Å². The van der Waals surface area contributed by atoms with Crippen molar-refractivity contribution in [2.45, 2.75) is 26.3 Å². The molecule has 124 valence electrons. The maximum absolute atomic E-state index is 12.7. The number of hydrogen-bond acceptors (Lipinski definition) is 4. The smallest absolute Gasteiger partial charge is 0.256 e. The first-order chi connectivity index (χ1) is 11.6. The molecule has 5 heteroatoms. The predicted molar refractivity (Wildman–Crippen MR) is 93.3 cm³/mol. The van der Waals surface area contributed by atoms with Crippen LogP contribution in [0.15, 0.2) is 48.5 Å². The van der Waals surface area contributed by atoms with Crippen molar-refractivity contribution < 1.29 is 14.3 Å². The number of benzene rings is 2. The fourth-order valence-corrected chi connectivity index (χ4v) is 2.87. The molecule has 0 aromatic heterocycles. The van der Waals surface area contributed by atoms with Gasteiger partial charge in [0, 0.05) is 0 Å². The van der Waals surface area contributed by atoms with Gasteiger partial charge in [0.1, 0.15) is 11.8 Å². The summed E-state index contributed by atoms with van der Waals surface area (Å²) in [7, 11) is 0. The molecule has 1 aliphatic heterocycles. The first kappa shape index (κ1) is 16.1. The Morgan fingerprint density at radius 2 is 1.83 bits per heavy atom. The highest BCUT2D eigenvalue weighted by Crippen LogP contribution is 2.30. The lowest BCUT2D eigenvalue weighted by Gasteiger charge is -2.19. The minimum Gasteiger partial charge on any atom is -0.492 e. The number of amides is 2. The number of carbonyl (C=O) groups excluding carboxylic acids is 2. The van der Waals surface area contributed by atoms with Crippen molar-refractivity contribution in [3.05, 3.63) is 54.1 Å². The normalized spacial score (nSPS) is 17.2. The topological polar surface area (TPSA) is 58.6 Å². The summed E-state index contributed by atoms with van der Waals surface area (Å²) >= 11 is 0. The van der Waals surface area contributed by atoms with Gasteiger partial charge in [0.2, 0.25) is 5.91 Å². The summed E-state index contributed by atoms with van der Waals surface area (Å²) in [6, 6.07) is 14.2. The van der Waals surface area contributed by atoms with Crippen molar-refractivity contribution in [2.24, 2.45) is 0 Å². The van der Waals surface area contributed by atoms with E-state index in [0.29, 0.717) is 18.0 Å². The summed E-state index contributed by atoms with van der Waals surface area (Å²) in [4.78, 5) is 26.4. The van der Waals surface area contributed by atoms with Crippen molar-refractivity contribution in [3.8, 4) is 5.75 Å². The third-order valence-corrected chi connectivity index (χ3v) is 4.02. The van der Waals surface area contributed by atoms with Gasteiger partial charge in [0.15, 0.2) is 0 Å². The van der Waals surface area contributed by atoms with E-state index in [2.05, 4.69) is 5.32 Å². The molecule has 5 nitrogen and oxygen atoms in total. The first-order valence-corrected chi connectivity index (χ1v) is 8.02. The van der Waals surface area contributed by atoms with E-state index in [1.807, 2.05) is 56.3 Å². The van der Waals surface area contributed by atoms with Gasteiger partial charge < -0.3 is 10.1 Å². The van der Waals surface area contributed by atoms with E-state index in [0.717, 1.165) is 11.3 Å². The third kappa shape index (κ3) is 2.97. The van der Waals surface area contributed by atoms with Crippen LogP contribution in [0.5, 0.6) is 5.75 Å². The lowest BCUT2D eigenvalue weighted by atomic mass is 10.2. The molecule has 1 atom stereocenters. The number of imide groups is 1. The fraction of sp³-hybridized carbons (Fsp3) is 0.263. The quantitative estimate of drug-likeness (QED) is 0.859. The molecule has 24 heavy (non-hydrogen) atoms. The molecule has 0 bridgehead atoms. The van der Waals surface area contributed by atoms with Crippen LogP contribution in [0.2, 0.25) is 0 Å². The van der Waals surface area contributed by atoms with Gasteiger partial charge in [0.05, 0.1) is 24.4 Å². The van der Waals surface area contributed by atoms with Crippen LogP contribution in [0.1, 0.15) is 18.9 Å². The van der Waals surface area contributed by atoms with Gasteiger partial charge in [-0.2, -0.15) is 0 Å². The predicted octanol–water partition coefficient (Wildman–Crippen LogP) is 3.14. The van der Waals surface area contributed by atoms with Crippen LogP contribution >= 0.6 is 0 Å². The Bertz CT molecular complexity index is 773. The summed E-state index contributed by atoms with van der Waals surface area (Å²) in [6.45, 7) is 4.33. The number of ether oxygens (including phenoxy) is 1. The molecule has 0 spiro atoms. The molecule has 2 amide bonds. The minimum atomic E-state index is -0.585. The molecule has 2 aromatic carbocycles. The van der Waals surface area contributed by atoms with E-state index in [1.165, 1.54) is 4.90 Å². The first-order valence-electron chi connectivity index (χ1n) is 8.02. The van der Waals surface area contributed by atoms with Crippen LogP contribution in [0.3, 0.4) is 0 Å². The molecule has 0 aliphatic carbocycles. The molecule has 0 radical (unpaired) electrons. The van der Waals surface area contributed by atoms with Gasteiger partial charge in [-0.25, -0.2) is 4.90 Å². The maximum Gasteiger partial charge on any atom is 0.256 e. The van der Waals surface area contributed by atoms with Gasteiger partial charge in [0.25, 0.3) is 5.91 Å². The highest BCUT2D eigenvalue weighted by molar-refractivity contribution is 6.23. The molecule has 1 N–H and O–H groups in total. The Morgan fingerprint density at radius 3 is 2.58 bits per heavy atom. The summed E-state index contributed by atoms with van der Waals surface area (Å²) in [6.07, 6.45) is 0.133. The number of aryl methyl sites for hydroxylation is 1. The highest BCUT2D eigenvalue weighted by atomic mass is 16.5. The Hall–Kier alpha value is -2.82. The largest absolute Gasteiger partial charge is 0.492 e. The number of nitrogens with one attached hydrogen (secondary N) is 1. The van der Waals surface area contributed by atoms with Crippen LogP contribution in [0.25, 0.3) is 0 Å². The molecular formula is C19H20N2O3. The van der Waals surface area contributed by atoms with E-state index in [4.69, 9.17) is 4.74 Å². The monoisotopic (exact) mass is 324 g/mol. The molecule has 1 heterocycles. The summed E-state index contributed by atoms with van der Waals surface area (Å²) in [5, 5.41) is 3.16. The second-order valence-electron chi connectivity index (χ2n) is 5.68. The zero-order chi connectivity index (χ0) is 17.1. The lowest BCUT2D eigenvalue weighted by molar-refractivity contribution is -0.121. The Labute approximate surface area is 141 Å². The molecule has 2 aromatic rings. The third-order valence-electron chi connectivity index (χ3n) is 4.02. The Kier molecular flexibility index (Phi) is 4.51. The van der Waals surface area contributed by atoms with Crippen molar-refractivity contribution >= 4 is 23.2 Å². The molecule has 1 saturated heterocycles. The van der Waals surface area contributed by atoms with Gasteiger partial charge in [-0.3, -0.25) is 9.59 Å². The molecule has 0 unspecified atom stereocenters. The molecule has 0 saturated carbocycles. The fourth-order valence-electron chi connectivity index (χ4n) is 2.87. The van der Waals surface area contributed by atoms with Gasteiger partial charge >= 0.3 is 0 Å². The van der Waals surface area contributed by atoms with Gasteiger partial charge in [-0.15, -0.1) is 0 Å². The summed E-state index contributed by atoms with van der Waals surface area (Å²) in [5.41, 5.74) is 2.27. The maximum atomic E-state index is 12.7. The number of para-hydroxylation sites is 3. The molecule has 1 fully saturated rings. The second-order valence-corrected chi connectivity index (χ2v) is 5.68. The van der Waals surface area contributed by atoms with Crippen LogP contribution in [-0.2, 0) is 9.59 Å². The zero-order valence-electron chi connectivity index (χ0n) is 13.8.